The van der Waals surface area contributed by atoms with Gasteiger partial charge in [0, 0.05) is 6.42 Å². The lowest BCUT2D eigenvalue weighted by Crippen LogP contribution is -2.28. The van der Waals surface area contributed by atoms with Crippen LogP contribution < -0.4 is 0 Å². The molecule has 5 heteroatoms. The zero-order valence-corrected chi connectivity index (χ0v) is 9.65. The first kappa shape index (κ1) is 15.1. The van der Waals surface area contributed by atoms with E-state index in [-0.39, 0.29) is 6.42 Å². The minimum absolute atomic E-state index is 0.174. The molecule has 1 atom stereocenters. The second kappa shape index (κ2) is 9.30. The highest BCUT2D eigenvalue weighted by atomic mass is 16.6. The van der Waals surface area contributed by atoms with Crippen molar-refractivity contribution in [2.24, 2.45) is 0 Å². The average Bonchev–Trinajstić information content (AvgIpc) is 2.27. The fourth-order valence-corrected chi connectivity index (χ4v) is 1.18. The number of carbonyl (C=O) groups excluding carboxylic acids is 2. The van der Waals surface area contributed by atoms with Gasteiger partial charge in [-0.2, -0.15) is 0 Å². The van der Waals surface area contributed by atoms with Crippen molar-refractivity contribution in [3.05, 3.63) is 0 Å². The fraction of sp³-hybridized carbons (Fsp3) is 0.818. The average molecular weight is 232 g/mol. The Labute approximate surface area is 95.4 Å². The molecule has 2 N–H and O–H groups in total. The number of hydrogen-bond donors (Lipinski definition) is 2. The van der Waals surface area contributed by atoms with Crippen LogP contribution in [0.15, 0.2) is 0 Å². The summed E-state index contributed by atoms with van der Waals surface area (Å²) in [4.78, 5) is 21.9. The summed E-state index contributed by atoms with van der Waals surface area (Å²) >= 11 is 0. The van der Waals surface area contributed by atoms with Gasteiger partial charge in [0.05, 0.1) is 6.61 Å². The molecule has 0 rings (SSSR count). The highest BCUT2D eigenvalue weighted by molar-refractivity contribution is 5.87. The molecule has 0 bridgehead atoms. The minimum atomic E-state index is -1.62. The Balaban J connectivity index is 3.55. The van der Waals surface area contributed by atoms with Crippen molar-refractivity contribution < 1.29 is 24.5 Å². The molecule has 16 heavy (non-hydrogen) atoms. The van der Waals surface area contributed by atoms with Crippen LogP contribution in [0.5, 0.6) is 0 Å². The molecule has 0 aliphatic carbocycles. The molecule has 0 amide bonds. The molecule has 0 fully saturated rings. The van der Waals surface area contributed by atoms with Gasteiger partial charge < -0.3 is 14.9 Å². The first-order chi connectivity index (χ1) is 7.61. The molecule has 0 radical (unpaired) electrons. The number of ether oxygens (including phenoxy) is 1. The Hall–Kier alpha value is -0.940. The van der Waals surface area contributed by atoms with Crippen LogP contribution in [0.25, 0.3) is 0 Å². The molecular formula is C11H20O5. The molecular weight excluding hydrogens is 212 g/mol. The van der Waals surface area contributed by atoms with Gasteiger partial charge in [0.25, 0.3) is 0 Å². The number of aliphatic hydroxyl groups is 2. The Morgan fingerprint density at radius 1 is 1.19 bits per heavy atom. The maximum atomic E-state index is 11.1. The van der Waals surface area contributed by atoms with Crippen molar-refractivity contribution in [3.8, 4) is 0 Å². The van der Waals surface area contributed by atoms with E-state index < -0.39 is 24.6 Å². The van der Waals surface area contributed by atoms with Crippen molar-refractivity contribution in [3.63, 3.8) is 0 Å². The van der Waals surface area contributed by atoms with E-state index in [9.17, 15) is 9.59 Å². The van der Waals surface area contributed by atoms with Crippen LogP contribution in [0, 0.1) is 0 Å². The van der Waals surface area contributed by atoms with Gasteiger partial charge in [0.2, 0.25) is 0 Å². The summed E-state index contributed by atoms with van der Waals surface area (Å²) in [7, 11) is 0. The first-order valence-corrected chi connectivity index (χ1v) is 5.65. The molecule has 0 spiro atoms. The minimum Gasteiger partial charge on any atom is -0.393 e. The molecule has 0 aromatic carbocycles. The Kier molecular flexibility index (Phi) is 8.75. The lowest BCUT2D eigenvalue weighted by atomic mass is 10.1. The monoisotopic (exact) mass is 232 g/mol. The van der Waals surface area contributed by atoms with Gasteiger partial charge in [0.15, 0.2) is 6.10 Å². The van der Waals surface area contributed by atoms with Crippen molar-refractivity contribution in [1.29, 1.82) is 0 Å². The summed E-state index contributed by atoms with van der Waals surface area (Å²) in [5, 5.41) is 17.3. The summed E-state index contributed by atoms with van der Waals surface area (Å²) in [6.45, 7) is 1.37. The smallest absolute Gasteiger partial charge is 0.345 e. The van der Waals surface area contributed by atoms with Gasteiger partial charge >= 0.3 is 11.9 Å². The van der Waals surface area contributed by atoms with Crippen LogP contribution in [0.3, 0.4) is 0 Å². The van der Waals surface area contributed by atoms with Gasteiger partial charge in [0.1, 0.15) is 0 Å². The number of carbonyl (C=O) groups is 2. The lowest BCUT2D eigenvalue weighted by molar-refractivity contribution is -0.167. The second-order valence-electron chi connectivity index (χ2n) is 3.66. The molecule has 0 aliphatic heterocycles. The largest absolute Gasteiger partial charge is 0.393 e. The first-order valence-electron chi connectivity index (χ1n) is 5.65. The number of rotatable bonds is 8. The Bertz CT molecular complexity index is 214. The third-order valence-corrected chi connectivity index (χ3v) is 2.14. The van der Waals surface area contributed by atoms with Crippen LogP contribution in [-0.2, 0) is 14.3 Å². The summed E-state index contributed by atoms with van der Waals surface area (Å²) in [6.07, 6.45) is 3.50. The summed E-state index contributed by atoms with van der Waals surface area (Å²) in [5.41, 5.74) is 0. The zero-order valence-electron chi connectivity index (χ0n) is 9.65. The third kappa shape index (κ3) is 7.36. The van der Waals surface area contributed by atoms with Gasteiger partial charge in [-0.05, 0) is 6.42 Å². The van der Waals surface area contributed by atoms with E-state index in [1.54, 1.807) is 0 Å². The normalized spacial score (nSPS) is 12.2. The maximum Gasteiger partial charge on any atom is 0.345 e. The molecule has 0 saturated carbocycles. The van der Waals surface area contributed by atoms with E-state index in [0.717, 1.165) is 25.7 Å². The summed E-state index contributed by atoms with van der Waals surface area (Å²) in [6, 6.07) is 0. The standard InChI is InChI=1S/C11H20O5/c1-2-3-4-5-6-7-10(14)16-11(15)9(13)8-12/h9,12-13H,2-8H2,1H3. The molecule has 5 nitrogen and oxygen atoms in total. The number of hydrogen-bond acceptors (Lipinski definition) is 5. The maximum absolute atomic E-state index is 11.1. The van der Waals surface area contributed by atoms with E-state index in [1.165, 1.54) is 0 Å². The van der Waals surface area contributed by atoms with Crippen molar-refractivity contribution >= 4 is 11.9 Å². The van der Waals surface area contributed by atoms with Gasteiger partial charge in [-0.25, -0.2) is 4.79 Å². The zero-order chi connectivity index (χ0) is 12.4. The van der Waals surface area contributed by atoms with E-state index >= 15 is 0 Å². The molecule has 1 unspecified atom stereocenters. The number of aliphatic hydroxyl groups excluding tert-OH is 2. The molecule has 0 heterocycles. The summed E-state index contributed by atoms with van der Waals surface area (Å²) in [5.74, 6) is -1.73. The van der Waals surface area contributed by atoms with Gasteiger partial charge in [-0.1, -0.05) is 32.6 Å². The third-order valence-electron chi connectivity index (χ3n) is 2.14. The molecule has 0 saturated heterocycles. The van der Waals surface area contributed by atoms with E-state index in [0.29, 0.717) is 6.42 Å². The van der Waals surface area contributed by atoms with Crippen molar-refractivity contribution in [1.82, 2.24) is 0 Å². The topological polar surface area (TPSA) is 83.8 Å². The number of unbranched alkanes of at least 4 members (excludes halogenated alkanes) is 4. The van der Waals surface area contributed by atoms with Gasteiger partial charge in [-0.3, -0.25) is 4.79 Å². The Morgan fingerprint density at radius 2 is 1.81 bits per heavy atom. The Morgan fingerprint density at radius 3 is 2.38 bits per heavy atom. The van der Waals surface area contributed by atoms with Crippen LogP contribution in [0.2, 0.25) is 0 Å². The van der Waals surface area contributed by atoms with E-state index in [4.69, 9.17) is 10.2 Å². The highest BCUT2D eigenvalue weighted by Gasteiger charge is 2.18. The van der Waals surface area contributed by atoms with Crippen LogP contribution in [-0.4, -0.2) is 34.9 Å². The highest BCUT2D eigenvalue weighted by Crippen LogP contribution is 2.06. The number of esters is 2. The van der Waals surface area contributed by atoms with Crippen LogP contribution in [0.1, 0.15) is 45.4 Å². The second-order valence-corrected chi connectivity index (χ2v) is 3.66. The van der Waals surface area contributed by atoms with Crippen LogP contribution in [0.4, 0.5) is 0 Å². The quantitative estimate of drug-likeness (QED) is 0.367. The summed E-state index contributed by atoms with van der Waals surface area (Å²) < 4.78 is 4.32. The molecule has 94 valence electrons. The van der Waals surface area contributed by atoms with Crippen molar-refractivity contribution in [2.45, 2.75) is 51.6 Å². The molecule has 0 aliphatic rings. The van der Waals surface area contributed by atoms with E-state index in [1.807, 2.05) is 0 Å². The molecule has 0 aromatic rings. The van der Waals surface area contributed by atoms with E-state index in [2.05, 4.69) is 11.7 Å². The SMILES string of the molecule is CCCCCCCC(=O)OC(=O)C(O)CO. The predicted octanol–water partition coefficient (Wildman–Crippen LogP) is 0.770. The fourth-order valence-electron chi connectivity index (χ4n) is 1.18. The van der Waals surface area contributed by atoms with Gasteiger partial charge in [-0.15, -0.1) is 0 Å². The predicted molar refractivity (Wildman–Crippen MR) is 57.6 cm³/mol. The van der Waals surface area contributed by atoms with Crippen LogP contribution >= 0.6 is 0 Å². The van der Waals surface area contributed by atoms with Crippen molar-refractivity contribution in [2.75, 3.05) is 6.61 Å². The molecule has 0 aromatic heterocycles. The lowest BCUT2D eigenvalue weighted by Gasteiger charge is -2.06.